The van der Waals surface area contributed by atoms with Crippen LogP contribution in [0.3, 0.4) is 0 Å². The van der Waals surface area contributed by atoms with Crippen LogP contribution in [0, 0.1) is 5.82 Å². The highest BCUT2D eigenvalue weighted by atomic mass is 32.2. The fourth-order valence-corrected chi connectivity index (χ4v) is 4.49. The second-order valence-electron chi connectivity index (χ2n) is 7.65. The van der Waals surface area contributed by atoms with Crippen LogP contribution >= 0.6 is 0 Å². The van der Waals surface area contributed by atoms with Gasteiger partial charge in [0.05, 0.1) is 11.3 Å². The molecule has 0 bridgehead atoms. The van der Waals surface area contributed by atoms with Gasteiger partial charge in [0.25, 0.3) is 0 Å². The average Bonchev–Trinajstić information content (AvgIpc) is 2.56. The lowest BCUT2D eigenvalue weighted by Gasteiger charge is -2.43. The fourth-order valence-electron chi connectivity index (χ4n) is 2.95. The van der Waals surface area contributed by atoms with Crippen LogP contribution in [0.4, 0.5) is 9.18 Å². The molecule has 1 saturated heterocycles. The van der Waals surface area contributed by atoms with Gasteiger partial charge in [0.1, 0.15) is 11.4 Å². The number of hydrogen-bond acceptors (Lipinski definition) is 4. The highest BCUT2D eigenvalue weighted by Gasteiger charge is 2.46. The van der Waals surface area contributed by atoms with E-state index in [2.05, 4.69) is 16.9 Å². The minimum Gasteiger partial charge on any atom is -0.442 e. The van der Waals surface area contributed by atoms with E-state index in [4.69, 9.17) is 4.74 Å². The van der Waals surface area contributed by atoms with Crippen LogP contribution in [0.1, 0.15) is 39.2 Å². The molecule has 0 saturated carbocycles. The molecule has 1 aliphatic rings. The lowest BCUT2D eigenvalue weighted by atomic mass is 9.86. The number of benzene rings is 1. The summed E-state index contributed by atoms with van der Waals surface area (Å²) in [7, 11) is -2.59. The maximum absolute atomic E-state index is 14.6. The van der Waals surface area contributed by atoms with Crippen molar-refractivity contribution in [1.29, 1.82) is 0 Å². The molecular formula is C19H26FN3O4S. The molecule has 2 rings (SSSR count). The summed E-state index contributed by atoms with van der Waals surface area (Å²) < 4.78 is 46.3. The van der Waals surface area contributed by atoms with Crippen LogP contribution in [0.25, 0.3) is 0 Å². The van der Waals surface area contributed by atoms with Crippen molar-refractivity contribution in [2.45, 2.75) is 44.8 Å². The molecule has 1 amide bonds. The first-order chi connectivity index (χ1) is 12.9. The Morgan fingerprint density at radius 1 is 1.43 bits per heavy atom. The summed E-state index contributed by atoms with van der Waals surface area (Å²) in [5.41, 5.74) is -1.91. The number of rotatable bonds is 4. The molecule has 154 valence electrons. The van der Waals surface area contributed by atoms with E-state index in [0.717, 1.165) is 4.31 Å². The van der Waals surface area contributed by atoms with Gasteiger partial charge < -0.3 is 10.1 Å². The van der Waals surface area contributed by atoms with Crippen molar-refractivity contribution >= 4 is 22.1 Å². The third kappa shape index (κ3) is 4.89. The van der Waals surface area contributed by atoms with Gasteiger partial charge >= 0.3 is 6.09 Å². The lowest BCUT2D eigenvalue weighted by Crippen LogP contribution is -2.62. The number of carbonyl (C=O) groups is 1. The highest BCUT2D eigenvalue weighted by Crippen LogP contribution is 2.34. The van der Waals surface area contributed by atoms with E-state index in [1.54, 1.807) is 32.9 Å². The summed E-state index contributed by atoms with van der Waals surface area (Å²) in [6.07, 6.45) is 1.36. The standard InChI is InChI=1S/C19H26FN3O4S/c1-6-7-12-19(14-10-8-9-11-15(14)20)13-28(25,26)23(5)16(22-19)21-17(24)27-18(2,3)4/h6,8-11H,1,7,12-13H2,2-5H3,(H,21,22,24). The smallest absolute Gasteiger partial charge is 0.437 e. The van der Waals surface area contributed by atoms with Crippen molar-refractivity contribution in [1.82, 2.24) is 9.62 Å². The summed E-state index contributed by atoms with van der Waals surface area (Å²) in [4.78, 5) is 15.9. The van der Waals surface area contributed by atoms with Crippen LogP contribution in [-0.2, 0) is 20.3 Å². The quantitative estimate of drug-likeness (QED) is 0.769. The van der Waals surface area contributed by atoms with E-state index in [-0.39, 0.29) is 17.9 Å². The van der Waals surface area contributed by atoms with Gasteiger partial charge in [-0.2, -0.15) is 0 Å². The summed E-state index contributed by atoms with van der Waals surface area (Å²) in [6.45, 7) is 8.69. The van der Waals surface area contributed by atoms with Gasteiger partial charge in [0.15, 0.2) is 0 Å². The normalized spacial score (nSPS) is 23.2. The molecule has 0 aromatic heterocycles. The molecule has 1 heterocycles. The molecule has 9 heteroatoms. The molecule has 1 fully saturated rings. The number of nitrogens with one attached hydrogen (secondary N) is 1. The Labute approximate surface area is 165 Å². The van der Waals surface area contributed by atoms with Crippen molar-refractivity contribution < 1.29 is 22.3 Å². The van der Waals surface area contributed by atoms with E-state index in [1.165, 1.54) is 25.2 Å². The van der Waals surface area contributed by atoms with Gasteiger partial charge in [0, 0.05) is 12.6 Å². The van der Waals surface area contributed by atoms with E-state index in [1.807, 2.05) is 0 Å². The van der Waals surface area contributed by atoms with Crippen LogP contribution in [-0.4, -0.2) is 43.2 Å². The number of aliphatic imine (C=N–C) groups is 1. The molecule has 0 radical (unpaired) electrons. The zero-order chi connectivity index (χ0) is 21.2. The number of carbonyl (C=O) groups excluding carboxylic acids is 1. The third-order valence-electron chi connectivity index (χ3n) is 4.25. The van der Waals surface area contributed by atoms with E-state index < -0.39 is 38.8 Å². The summed E-state index contributed by atoms with van der Waals surface area (Å²) in [6, 6.07) is 5.95. The second kappa shape index (κ2) is 7.90. The maximum Gasteiger partial charge on any atom is 0.437 e. The maximum atomic E-state index is 14.6. The van der Waals surface area contributed by atoms with Gasteiger partial charge in [-0.05, 0) is 39.7 Å². The Hall–Kier alpha value is -2.42. The molecule has 1 unspecified atom stereocenters. The first kappa shape index (κ1) is 21.9. The minimum atomic E-state index is -3.87. The molecule has 0 aliphatic carbocycles. The molecule has 1 aromatic rings. The predicted octanol–water partition coefficient (Wildman–Crippen LogP) is 3.14. The molecule has 1 aliphatic heterocycles. The SMILES string of the molecule is C=CCCC1(c2ccccc2F)CS(=O)(=O)N(C)/C(=N\C(=O)OC(C)(C)C)N1. The van der Waals surface area contributed by atoms with Crippen LogP contribution in [0.15, 0.2) is 41.9 Å². The number of hydrogen-bond donors (Lipinski definition) is 1. The van der Waals surface area contributed by atoms with Gasteiger partial charge in [-0.1, -0.05) is 24.3 Å². The fraction of sp³-hybridized carbons (Fsp3) is 0.474. The monoisotopic (exact) mass is 411 g/mol. The van der Waals surface area contributed by atoms with Crippen molar-refractivity contribution in [3.05, 3.63) is 48.3 Å². The van der Waals surface area contributed by atoms with Gasteiger partial charge in [0.2, 0.25) is 16.0 Å². The zero-order valence-corrected chi connectivity index (χ0v) is 17.3. The first-order valence-electron chi connectivity index (χ1n) is 8.82. The Morgan fingerprint density at radius 3 is 2.64 bits per heavy atom. The zero-order valence-electron chi connectivity index (χ0n) is 16.5. The van der Waals surface area contributed by atoms with E-state index in [9.17, 15) is 17.6 Å². The van der Waals surface area contributed by atoms with Crippen LogP contribution < -0.4 is 5.32 Å². The average molecular weight is 411 g/mol. The molecular weight excluding hydrogens is 385 g/mol. The third-order valence-corrected chi connectivity index (χ3v) is 6.12. The molecule has 1 N–H and O–H groups in total. The molecule has 7 nitrogen and oxygen atoms in total. The predicted molar refractivity (Wildman–Crippen MR) is 106 cm³/mol. The van der Waals surface area contributed by atoms with E-state index in [0.29, 0.717) is 6.42 Å². The Bertz CT molecular complexity index is 893. The molecule has 1 atom stereocenters. The van der Waals surface area contributed by atoms with Crippen molar-refractivity contribution in [3.8, 4) is 0 Å². The first-order valence-corrected chi connectivity index (χ1v) is 10.4. The van der Waals surface area contributed by atoms with Crippen LogP contribution in [0.2, 0.25) is 0 Å². The number of guanidine groups is 1. The largest absolute Gasteiger partial charge is 0.442 e. The minimum absolute atomic E-state index is 0.186. The number of nitrogens with zero attached hydrogens (tertiary/aromatic N) is 2. The summed E-state index contributed by atoms with van der Waals surface area (Å²) >= 11 is 0. The van der Waals surface area contributed by atoms with Crippen LogP contribution in [0.5, 0.6) is 0 Å². The molecule has 1 aromatic carbocycles. The Morgan fingerprint density at radius 2 is 2.07 bits per heavy atom. The molecule has 28 heavy (non-hydrogen) atoms. The Balaban J connectivity index is 2.56. The van der Waals surface area contributed by atoms with Gasteiger partial charge in [-0.15, -0.1) is 11.6 Å². The summed E-state index contributed by atoms with van der Waals surface area (Å²) in [5.74, 6) is -1.15. The summed E-state index contributed by atoms with van der Waals surface area (Å²) in [5, 5.41) is 2.99. The topological polar surface area (TPSA) is 88.1 Å². The number of sulfonamides is 1. The van der Waals surface area contributed by atoms with Gasteiger partial charge in [-0.25, -0.2) is 21.9 Å². The Kier molecular flexibility index (Phi) is 6.18. The number of ether oxygens (including phenoxy) is 1. The number of halogens is 1. The van der Waals surface area contributed by atoms with Crippen molar-refractivity contribution in [2.75, 3.05) is 12.8 Å². The van der Waals surface area contributed by atoms with Gasteiger partial charge in [-0.3, -0.25) is 0 Å². The molecule has 0 spiro atoms. The lowest BCUT2D eigenvalue weighted by molar-refractivity contribution is 0.0601. The number of amides is 1. The van der Waals surface area contributed by atoms with Crippen molar-refractivity contribution in [3.63, 3.8) is 0 Å². The second-order valence-corrected chi connectivity index (χ2v) is 9.65. The number of allylic oxidation sites excluding steroid dienone is 1. The van der Waals surface area contributed by atoms with Crippen molar-refractivity contribution in [2.24, 2.45) is 4.99 Å². The highest BCUT2D eigenvalue weighted by molar-refractivity contribution is 7.89. The van der Waals surface area contributed by atoms with E-state index >= 15 is 0 Å².